The van der Waals surface area contributed by atoms with E-state index in [1.165, 1.54) is 0 Å². The van der Waals surface area contributed by atoms with Crippen LogP contribution in [0.25, 0.3) is 0 Å². The highest BCUT2D eigenvalue weighted by atomic mass is 16.5. The van der Waals surface area contributed by atoms with Gasteiger partial charge in [0.2, 0.25) is 0 Å². The molecular weight excluding hydrogens is 246 g/mol. The molecule has 0 aliphatic rings. The first-order valence-electron chi connectivity index (χ1n) is 7.19. The third-order valence-electron chi connectivity index (χ3n) is 1.91. The van der Waals surface area contributed by atoms with Crippen LogP contribution in [0.5, 0.6) is 0 Å². The molecule has 122 valence electrons. The number of hydrogen-bond donors (Lipinski definition) is 3. The first-order valence-corrected chi connectivity index (χ1v) is 7.19. The van der Waals surface area contributed by atoms with E-state index in [2.05, 4.69) is 22.9 Å². The van der Waals surface area contributed by atoms with E-state index in [9.17, 15) is 4.79 Å². The zero-order chi connectivity index (χ0) is 14.8. The summed E-state index contributed by atoms with van der Waals surface area (Å²) >= 11 is 0. The van der Waals surface area contributed by atoms with Crippen molar-refractivity contribution in [3.05, 3.63) is 0 Å². The standard InChI is InChI=1S/C11H25N3O3.C2H6.3H2/c1-3-12-5-7-16-9-10-17-8-6-14-11(15)13-4-2;1-2;;;/h12H,3-10H2,1-2H3,(H2,13,14,15);1-2H3;3*1H. The summed E-state index contributed by atoms with van der Waals surface area (Å²) in [5.74, 6) is 0. The second kappa shape index (κ2) is 19.5. The fourth-order valence-corrected chi connectivity index (χ4v) is 1.10. The largest absolute Gasteiger partial charge is 0.378 e. The highest BCUT2D eigenvalue weighted by molar-refractivity contribution is 5.73. The molecule has 2 amide bonds. The minimum absolute atomic E-state index is 0. The molecule has 0 aliphatic heterocycles. The Kier molecular flexibility index (Phi) is 21.0. The molecule has 0 unspecified atom stereocenters. The smallest absolute Gasteiger partial charge is 0.314 e. The number of carbonyl (C=O) groups is 1. The van der Waals surface area contributed by atoms with Crippen LogP contribution in [0.3, 0.4) is 0 Å². The minimum atomic E-state index is -0.155. The predicted molar refractivity (Wildman–Crippen MR) is 84.9 cm³/mol. The summed E-state index contributed by atoms with van der Waals surface area (Å²) in [5, 5.41) is 8.48. The molecule has 0 saturated heterocycles. The Bertz CT molecular complexity index is 193. The van der Waals surface area contributed by atoms with Crippen molar-refractivity contribution in [1.29, 1.82) is 0 Å². The van der Waals surface area contributed by atoms with Gasteiger partial charge in [0.15, 0.2) is 0 Å². The molecule has 0 radical (unpaired) electrons. The second-order valence-electron chi connectivity index (χ2n) is 3.36. The Hall–Kier alpha value is -0.850. The van der Waals surface area contributed by atoms with E-state index in [0.717, 1.165) is 13.1 Å². The zero-order valence-corrected chi connectivity index (χ0v) is 12.9. The molecule has 3 N–H and O–H groups in total. The quantitative estimate of drug-likeness (QED) is 0.505. The highest BCUT2D eigenvalue weighted by Gasteiger charge is 1.95. The second-order valence-corrected chi connectivity index (χ2v) is 3.36. The fraction of sp³-hybridized carbons (Fsp3) is 0.923. The number of carbonyl (C=O) groups excluding carboxylic acids is 1. The van der Waals surface area contributed by atoms with Crippen LogP contribution in [0.4, 0.5) is 4.79 Å². The maximum Gasteiger partial charge on any atom is 0.314 e. The summed E-state index contributed by atoms with van der Waals surface area (Å²) in [7, 11) is 0. The summed E-state index contributed by atoms with van der Waals surface area (Å²) in [6, 6.07) is -0.155. The van der Waals surface area contributed by atoms with Gasteiger partial charge in [-0.05, 0) is 13.5 Å². The molecular formula is C13H37N3O3. The van der Waals surface area contributed by atoms with Crippen LogP contribution >= 0.6 is 0 Å². The average molecular weight is 283 g/mol. The van der Waals surface area contributed by atoms with E-state index < -0.39 is 0 Å². The first-order chi connectivity index (χ1) is 9.31. The van der Waals surface area contributed by atoms with Gasteiger partial charge < -0.3 is 25.4 Å². The number of hydrogen-bond acceptors (Lipinski definition) is 4. The molecule has 0 bridgehead atoms. The topological polar surface area (TPSA) is 71.6 Å². The van der Waals surface area contributed by atoms with E-state index in [1.54, 1.807) is 0 Å². The van der Waals surface area contributed by atoms with E-state index in [0.29, 0.717) is 39.5 Å². The maximum atomic E-state index is 11.0. The van der Waals surface area contributed by atoms with Gasteiger partial charge in [0.1, 0.15) is 0 Å². The Morgan fingerprint density at radius 2 is 1.47 bits per heavy atom. The van der Waals surface area contributed by atoms with Crippen LogP contribution in [0, 0.1) is 0 Å². The number of nitrogens with one attached hydrogen (secondary N) is 3. The van der Waals surface area contributed by atoms with Gasteiger partial charge in [-0.3, -0.25) is 0 Å². The Morgan fingerprint density at radius 1 is 0.895 bits per heavy atom. The van der Waals surface area contributed by atoms with Crippen molar-refractivity contribution in [2.75, 3.05) is 52.6 Å². The molecule has 0 aliphatic carbocycles. The van der Waals surface area contributed by atoms with Crippen molar-refractivity contribution in [2.45, 2.75) is 27.7 Å². The number of rotatable bonds is 11. The molecule has 0 saturated carbocycles. The van der Waals surface area contributed by atoms with Crippen molar-refractivity contribution < 1.29 is 18.5 Å². The number of ether oxygens (including phenoxy) is 2. The van der Waals surface area contributed by atoms with Gasteiger partial charge in [-0.25, -0.2) is 4.79 Å². The molecule has 0 aromatic rings. The van der Waals surface area contributed by atoms with E-state index >= 15 is 0 Å². The molecule has 6 heteroatoms. The van der Waals surface area contributed by atoms with Gasteiger partial charge in [0.05, 0.1) is 26.4 Å². The number of likely N-dealkylation sites (N-methyl/N-ethyl adjacent to an activating group) is 1. The van der Waals surface area contributed by atoms with E-state index in [1.807, 2.05) is 20.8 Å². The molecule has 0 atom stereocenters. The van der Waals surface area contributed by atoms with Gasteiger partial charge in [0.25, 0.3) is 0 Å². The molecule has 0 aromatic heterocycles. The third-order valence-corrected chi connectivity index (χ3v) is 1.91. The van der Waals surface area contributed by atoms with Crippen LogP contribution in [-0.4, -0.2) is 58.6 Å². The normalized spacial score (nSPS) is 9.47. The number of amides is 2. The van der Waals surface area contributed by atoms with Crippen molar-refractivity contribution in [3.63, 3.8) is 0 Å². The lowest BCUT2D eigenvalue weighted by atomic mass is 10.6. The molecule has 0 aromatic carbocycles. The molecule has 0 fully saturated rings. The highest BCUT2D eigenvalue weighted by Crippen LogP contribution is 1.78. The van der Waals surface area contributed by atoms with E-state index in [-0.39, 0.29) is 10.3 Å². The van der Waals surface area contributed by atoms with Crippen LogP contribution in [-0.2, 0) is 9.47 Å². The van der Waals surface area contributed by atoms with Crippen molar-refractivity contribution in [3.8, 4) is 0 Å². The van der Waals surface area contributed by atoms with Crippen LogP contribution in [0.1, 0.15) is 32.0 Å². The fourth-order valence-electron chi connectivity index (χ4n) is 1.10. The van der Waals surface area contributed by atoms with Gasteiger partial charge in [-0.1, -0.05) is 20.8 Å². The van der Waals surface area contributed by atoms with Gasteiger partial charge in [-0.15, -0.1) is 0 Å². The minimum Gasteiger partial charge on any atom is -0.378 e. The lowest BCUT2D eigenvalue weighted by Crippen LogP contribution is -2.37. The van der Waals surface area contributed by atoms with Gasteiger partial charge >= 0.3 is 6.03 Å². The molecule has 0 spiro atoms. The van der Waals surface area contributed by atoms with Crippen LogP contribution in [0.15, 0.2) is 0 Å². The first kappa shape index (κ1) is 20.5. The zero-order valence-electron chi connectivity index (χ0n) is 12.9. The van der Waals surface area contributed by atoms with E-state index in [4.69, 9.17) is 9.47 Å². The summed E-state index contributed by atoms with van der Waals surface area (Å²) in [5.41, 5.74) is 0. The van der Waals surface area contributed by atoms with Crippen molar-refractivity contribution in [2.24, 2.45) is 0 Å². The molecule has 19 heavy (non-hydrogen) atoms. The number of urea groups is 1. The summed E-state index contributed by atoms with van der Waals surface area (Å²) in [6.45, 7) is 13.3. The lowest BCUT2D eigenvalue weighted by molar-refractivity contribution is 0.0506. The summed E-state index contributed by atoms with van der Waals surface area (Å²) < 4.78 is 10.6. The Morgan fingerprint density at radius 3 is 2.00 bits per heavy atom. The van der Waals surface area contributed by atoms with Gasteiger partial charge in [-0.2, -0.15) is 0 Å². The maximum absolute atomic E-state index is 11.0. The molecule has 0 rings (SSSR count). The van der Waals surface area contributed by atoms with Crippen molar-refractivity contribution >= 4 is 6.03 Å². The van der Waals surface area contributed by atoms with Crippen LogP contribution < -0.4 is 16.0 Å². The van der Waals surface area contributed by atoms with Gasteiger partial charge in [0, 0.05) is 23.9 Å². The average Bonchev–Trinajstić information content (AvgIpc) is 2.43. The summed E-state index contributed by atoms with van der Waals surface area (Å²) in [4.78, 5) is 11.0. The third kappa shape index (κ3) is 19.7. The molecule has 6 nitrogen and oxygen atoms in total. The van der Waals surface area contributed by atoms with Crippen molar-refractivity contribution in [1.82, 2.24) is 16.0 Å². The molecule has 0 heterocycles. The Labute approximate surface area is 122 Å². The monoisotopic (exact) mass is 283 g/mol. The van der Waals surface area contributed by atoms with Crippen LogP contribution in [0.2, 0.25) is 0 Å². The Balaban J connectivity index is -0.000000184. The predicted octanol–water partition coefficient (Wildman–Crippen LogP) is 1.71. The lowest BCUT2D eigenvalue weighted by Gasteiger charge is -2.07. The summed E-state index contributed by atoms with van der Waals surface area (Å²) in [6.07, 6.45) is 0. The SMILES string of the molecule is CC.CCNCCOCCOCCNC(=O)NCC.[HH].[HH].[HH].